The highest BCUT2D eigenvalue weighted by atomic mass is 35.5. The number of halogens is 3. The molecule has 0 spiro atoms. The molecule has 1 aromatic carbocycles. The average Bonchev–Trinajstić information content (AvgIpc) is 3.21. The fourth-order valence-electron chi connectivity index (χ4n) is 4.39. The molecule has 170 valence electrons. The van der Waals surface area contributed by atoms with Crippen molar-refractivity contribution in [2.75, 3.05) is 43.5 Å². The lowest BCUT2D eigenvalue weighted by Crippen LogP contribution is -2.58. The summed E-state index contributed by atoms with van der Waals surface area (Å²) in [6.45, 7) is -0.256. The number of rotatable bonds is 7. The van der Waals surface area contributed by atoms with E-state index in [0.29, 0.717) is 36.1 Å². The number of aromatic nitrogens is 3. The number of H-pyrrole nitrogens is 1. The molecule has 0 bridgehead atoms. The quantitative estimate of drug-likeness (QED) is 0.661. The third-order valence-electron chi connectivity index (χ3n) is 5.93. The van der Waals surface area contributed by atoms with E-state index in [1.807, 2.05) is 24.3 Å². The molecule has 2 aliphatic heterocycles. The molecule has 2 saturated heterocycles. The number of nitrogen functional groups attached to an aromatic ring is 1. The van der Waals surface area contributed by atoms with Crippen LogP contribution in [0.4, 0.5) is 20.7 Å². The number of anilines is 2. The highest BCUT2D eigenvalue weighted by Crippen LogP contribution is 2.27. The number of nitrogens with two attached hydrogens (primary N) is 1. The van der Waals surface area contributed by atoms with Crippen molar-refractivity contribution >= 4 is 23.5 Å². The van der Waals surface area contributed by atoms with Gasteiger partial charge in [-0.25, -0.2) is 0 Å². The Bertz CT molecular complexity index is 831. The van der Waals surface area contributed by atoms with Crippen LogP contribution in [0.15, 0.2) is 24.3 Å². The molecule has 1 unspecified atom stereocenters. The van der Waals surface area contributed by atoms with E-state index in [-0.39, 0.29) is 18.8 Å². The summed E-state index contributed by atoms with van der Waals surface area (Å²) in [5, 5.41) is 8.60. The number of hydrogen-bond acceptors (Lipinski definition) is 7. The van der Waals surface area contributed by atoms with Crippen molar-refractivity contribution in [1.82, 2.24) is 20.1 Å². The van der Waals surface area contributed by atoms with Crippen molar-refractivity contribution < 1.29 is 18.3 Å². The van der Waals surface area contributed by atoms with Crippen molar-refractivity contribution in [3.05, 3.63) is 34.9 Å². The second kappa shape index (κ2) is 10.1. The monoisotopic (exact) mass is 456 g/mol. The minimum atomic E-state index is -2.79. The lowest BCUT2D eigenvalue weighted by atomic mass is 9.96. The van der Waals surface area contributed by atoms with E-state index in [9.17, 15) is 8.78 Å². The maximum absolute atomic E-state index is 12.5. The molecule has 0 aliphatic carbocycles. The lowest BCUT2D eigenvalue weighted by Gasteiger charge is -2.46. The number of aromatic amines is 1. The van der Waals surface area contributed by atoms with Crippen LogP contribution >= 0.6 is 11.6 Å². The zero-order valence-electron chi connectivity index (χ0n) is 17.1. The Kier molecular flexibility index (Phi) is 7.21. The van der Waals surface area contributed by atoms with E-state index in [1.165, 1.54) is 5.56 Å². The fraction of sp³-hybridized carbons (Fsp3) is 0.600. The normalized spacial score (nSPS) is 23.5. The SMILES string of the molecule is Nc1nnc(N2CCC(N3CC(COC(F)F)OC[C@@H]3Cc3ccc(Cl)cc3)CC2)[nH]1. The Balaban J connectivity index is 1.42. The number of piperidine rings is 1. The molecule has 3 heterocycles. The molecule has 3 N–H and O–H groups in total. The van der Waals surface area contributed by atoms with E-state index in [4.69, 9.17) is 22.1 Å². The second-order valence-electron chi connectivity index (χ2n) is 7.98. The van der Waals surface area contributed by atoms with E-state index < -0.39 is 6.61 Å². The van der Waals surface area contributed by atoms with Crippen molar-refractivity contribution in [3.63, 3.8) is 0 Å². The molecule has 31 heavy (non-hydrogen) atoms. The molecule has 8 nitrogen and oxygen atoms in total. The molecule has 2 aliphatic rings. The van der Waals surface area contributed by atoms with Gasteiger partial charge in [0.15, 0.2) is 0 Å². The zero-order chi connectivity index (χ0) is 21.8. The van der Waals surface area contributed by atoms with E-state index in [1.54, 1.807) is 0 Å². The molecule has 0 saturated carbocycles. The summed E-state index contributed by atoms with van der Waals surface area (Å²) in [7, 11) is 0. The Hall–Kier alpha value is -2.01. The van der Waals surface area contributed by atoms with Crippen LogP contribution in [0.1, 0.15) is 18.4 Å². The molecular formula is C20H27ClF2N6O2. The number of morpholine rings is 1. The predicted molar refractivity (Wildman–Crippen MR) is 113 cm³/mol. The first-order valence-corrected chi connectivity index (χ1v) is 10.8. The van der Waals surface area contributed by atoms with Crippen LogP contribution in [-0.2, 0) is 15.9 Å². The van der Waals surface area contributed by atoms with Crippen LogP contribution in [0.25, 0.3) is 0 Å². The van der Waals surface area contributed by atoms with Crippen molar-refractivity contribution in [3.8, 4) is 0 Å². The number of ether oxygens (including phenoxy) is 2. The maximum Gasteiger partial charge on any atom is 0.345 e. The Labute approximate surface area is 184 Å². The van der Waals surface area contributed by atoms with Gasteiger partial charge in [-0.1, -0.05) is 23.7 Å². The Morgan fingerprint density at radius 2 is 1.97 bits per heavy atom. The van der Waals surface area contributed by atoms with Gasteiger partial charge in [0.05, 0.1) is 19.3 Å². The van der Waals surface area contributed by atoms with Gasteiger partial charge in [-0.05, 0) is 37.0 Å². The first kappa shape index (κ1) is 22.2. The second-order valence-corrected chi connectivity index (χ2v) is 8.42. The predicted octanol–water partition coefficient (Wildman–Crippen LogP) is 2.56. The van der Waals surface area contributed by atoms with Crippen LogP contribution in [0.2, 0.25) is 5.02 Å². The van der Waals surface area contributed by atoms with Gasteiger partial charge in [-0.3, -0.25) is 9.88 Å². The minimum Gasteiger partial charge on any atom is -0.373 e. The molecule has 0 radical (unpaired) electrons. The number of benzene rings is 1. The summed E-state index contributed by atoms with van der Waals surface area (Å²) in [5.41, 5.74) is 6.81. The summed E-state index contributed by atoms with van der Waals surface area (Å²) in [6, 6.07) is 8.26. The molecule has 2 aromatic rings. The first-order chi connectivity index (χ1) is 15.0. The molecule has 11 heteroatoms. The van der Waals surface area contributed by atoms with Gasteiger partial charge in [-0.15, -0.1) is 10.2 Å². The molecular weight excluding hydrogens is 430 g/mol. The zero-order valence-corrected chi connectivity index (χ0v) is 17.8. The Morgan fingerprint density at radius 3 is 2.61 bits per heavy atom. The van der Waals surface area contributed by atoms with Gasteiger partial charge < -0.3 is 20.1 Å². The van der Waals surface area contributed by atoms with Crippen molar-refractivity contribution in [1.29, 1.82) is 0 Å². The largest absolute Gasteiger partial charge is 0.373 e. The van der Waals surface area contributed by atoms with Gasteiger partial charge in [0.25, 0.3) is 0 Å². The minimum absolute atomic E-state index is 0.113. The Morgan fingerprint density at radius 1 is 1.23 bits per heavy atom. The van der Waals surface area contributed by atoms with Gasteiger partial charge in [0.2, 0.25) is 11.9 Å². The summed E-state index contributed by atoms with van der Waals surface area (Å²) in [5.74, 6) is 0.981. The van der Waals surface area contributed by atoms with Crippen LogP contribution in [0, 0.1) is 0 Å². The highest BCUT2D eigenvalue weighted by molar-refractivity contribution is 6.30. The standard InChI is InChI=1S/C20H27ClF2N6O2/c21-14-3-1-13(2-4-14)9-16-11-30-17(12-31-18(22)23)10-29(16)15-5-7-28(8-6-15)20-25-19(24)26-27-20/h1-4,15-18H,5-12H2,(H3,24,25,26,27)/t16-,17?/m0/s1. The molecule has 1 aromatic heterocycles. The van der Waals surface area contributed by atoms with Crippen LogP contribution in [0.3, 0.4) is 0 Å². The van der Waals surface area contributed by atoms with Gasteiger partial charge in [0, 0.05) is 36.7 Å². The highest BCUT2D eigenvalue weighted by Gasteiger charge is 2.36. The first-order valence-electron chi connectivity index (χ1n) is 10.4. The summed E-state index contributed by atoms with van der Waals surface area (Å²) < 4.78 is 35.4. The summed E-state index contributed by atoms with van der Waals surface area (Å²) >= 11 is 6.02. The van der Waals surface area contributed by atoms with Crippen LogP contribution in [0.5, 0.6) is 0 Å². The number of nitrogens with zero attached hydrogens (tertiary/aromatic N) is 4. The van der Waals surface area contributed by atoms with Crippen molar-refractivity contribution in [2.24, 2.45) is 0 Å². The molecule has 0 amide bonds. The lowest BCUT2D eigenvalue weighted by molar-refractivity contribution is -0.174. The number of alkyl halides is 2. The van der Waals surface area contributed by atoms with Gasteiger partial charge in [-0.2, -0.15) is 8.78 Å². The summed E-state index contributed by atoms with van der Waals surface area (Å²) in [6.07, 6.45) is 2.27. The number of nitrogens with one attached hydrogen (secondary N) is 1. The van der Waals surface area contributed by atoms with Crippen LogP contribution in [-0.4, -0.2) is 77.7 Å². The third-order valence-corrected chi connectivity index (χ3v) is 6.18. The molecule has 2 atom stereocenters. The topological polar surface area (TPSA) is 92.5 Å². The number of hydrogen-bond donors (Lipinski definition) is 2. The van der Waals surface area contributed by atoms with E-state index >= 15 is 0 Å². The van der Waals surface area contributed by atoms with Gasteiger partial charge >= 0.3 is 6.61 Å². The molecule has 4 rings (SSSR count). The van der Waals surface area contributed by atoms with Crippen molar-refractivity contribution in [2.45, 2.75) is 44.1 Å². The van der Waals surface area contributed by atoms with Gasteiger partial charge in [0.1, 0.15) is 0 Å². The van der Waals surface area contributed by atoms with E-state index in [0.717, 1.165) is 32.4 Å². The molecule has 2 fully saturated rings. The maximum atomic E-state index is 12.5. The fourth-order valence-corrected chi connectivity index (χ4v) is 4.52. The average molecular weight is 457 g/mol. The smallest absolute Gasteiger partial charge is 0.345 e. The van der Waals surface area contributed by atoms with E-state index in [2.05, 4.69) is 29.7 Å². The van der Waals surface area contributed by atoms with Crippen LogP contribution < -0.4 is 10.6 Å². The summed E-state index contributed by atoms with van der Waals surface area (Å²) in [4.78, 5) is 7.51. The third kappa shape index (κ3) is 5.82.